The monoisotopic (exact) mass is 385 g/mol. The largest absolute Gasteiger partial charge is 0.508 e. The molecule has 28 heavy (non-hydrogen) atoms. The van der Waals surface area contributed by atoms with Crippen molar-refractivity contribution in [1.82, 2.24) is 5.43 Å². The molecule has 8 heteroatoms. The van der Waals surface area contributed by atoms with Crippen LogP contribution in [0.3, 0.4) is 0 Å². The minimum absolute atomic E-state index is 0.0288. The van der Waals surface area contributed by atoms with Gasteiger partial charge in [0.15, 0.2) is 0 Å². The van der Waals surface area contributed by atoms with E-state index in [-0.39, 0.29) is 22.7 Å². The molecule has 0 aromatic heterocycles. The molecule has 0 heterocycles. The Balaban J connectivity index is 2.02. The predicted octanol–water partition coefficient (Wildman–Crippen LogP) is 3.89. The number of unbranched alkanes of at least 4 members (excludes halogenated alkanes) is 3. The Morgan fingerprint density at radius 3 is 2.50 bits per heavy atom. The van der Waals surface area contributed by atoms with E-state index in [2.05, 4.69) is 17.5 Å². The SMILES string of the molecule is CCCCCCc1cc(/C=N/NC(=O)c2ccc([N+](=O)[O-])cc2)c(O)cc1O. The van der Waals surface area contributed by atoms with Gasteiger partial charge in [-0.1, -0.05) is 26.2 Å². The molecule has 1 amide bonds. The lowest BCUT2D eigenvalue weighted by Gasteiger charge is -2.08. The zero-order valence-corrected chi connectivity index (χ0v) is 15.6. The van der Waals surface area contributed by atoms with Gasteiger partial charge in [0, 0.05) is 29.3 Å². The zero-order chi connectivity index (χ0) is 20.5. The van der Waals surface area contributed by atoms with Crippen molar-refractivity contribution in [3.8, 4) is 11.5 Å². The molecule has 0 atom stereocenters. The first-order chi connectivity index (χ1) is 13.4. The molecule has 0 spiro atoms. The number of benzene rings is 2. The number of hydrogen-bond acceptors (Lipinski definition) is 6. The number of aryl methyl sites for hydroxylation is 1. The van der Waals surface area contributed by atoms with E-state index in [9.17, 15) is 25.1 Å². The molecule has 0 aliphatic heterocycles. The zero-order valence-electron chi connectivity index (χ0n) is 15.6. The quantitative estimate of drug-likeness (QED) is 0.261. The highest BCUT2D eigenvalue weighted by Gasteiger charge is 2.10. The Kier molecular flexibility index (Phi) is 7.50. The Bertz CT molecular complexity index is 863. The van der Waals surface area contributed by atoms with Crippen molar-refractivity contribution >= 4 is 17.8 Å². The van der Waals surface area contributed by atoms with Crippen LogP contribution in [0, 0.1) is 10.1 Å². The molecule has 0 saturated carbocycles. The average molecular weight is 385 g/mol. The van der Waals surface area contributed by atoms with Crippen LogP contribution in [-0.4, -0.2) is 27.3 Å². The van der Waals surface area contributed by atoms with Crippen molar-refractivity contribution in [3.63, 3.8) is 0 Å². The van der Waals surface area contributed by atoms with Crippen LogP contribution in [0.2, 0.25) is 0 Å². The molecular formula is C20H23N3O5. The van der Waals surface area contributed by atoms with E-state index in [1.807, 2.05) is 0 Å². The number of rotatable bonds is 9. The predicted molar refractivity (Wildman–Crippen MR) is 106 cm³/mol. The topological polar surface area (TPSA) is 125 Å². The fraction of sp³-hybridized carbons (Fsp3) is 0.300. The molecule has 0 saturated heterocycles. The number of nitro benzene ring substituents is 1. The second kappa shape index (κ2) is 10.1. The molecule has 0 aliphatic carbocycles. The van der Waals surface area contributed by atoms with Crippen molar-refractivity contribution in [1.29, 1.82) is 0 Å². The smallest absolute Gasteiger partial charge is 0.271 e. The van der Waals surface area contributed by atoms with Crippen LogP contribution >= 0.6 is 0 Å². The van der Waals surface area contributed by atoms with Gasteiger partial charge in [0.05, 0.1) is 11.1 Å². The van der Waals surface area contributed by atoms with Gasteiger partial charge < -0.3 is 10.2 Å². The first-order valence-corrected chi connectivity index (χ1v) is 9.05. The van der Waals surface area contributed by atoms with Crippen LogP contribution in [0.4, 0.5) is 5.69 Å². The summed E-state index contributed by atoms with van der Waals surface area (Å²) in [5.41, 5.74) is 3.48. The molecule has 0 unspecified atom stereocenters. The van der Waals surface area contributed by atoms with Crippen molar-refractivity contribution in [3.05, 3.63) is 63.2 Å². The van der Waals surface area contributed by atoms with Crippen LogP contribution in [0.25, 0.3) is 0 Å². The van der Waals surface area contributed by atoms with Crippen LogP contribution in [0.5, 0.6) is 11.5 Å². The summed E-state index contributed by atoms with van der Waals surface area (Å²) in [6.07, 6.45) is 6.21. The molecule has 2 aromatic carbocycles. The molecular weight excluding hydrogens is 362 g/mol. The van der Waals surface area contributed by atoms with Gasteiger partial charge in [0.25, 0.3) is 11.6 Å². The number of phenolic OH excluding ortho intramolecular Hbond substituents is 2. The van der Waals surface area contributed by atoms with Gasteiger partial charge >= 0.3 is 0 Å². The number of carbonyl (C=O) groups excluding carboxylic acids is 1. The number of nitrogens with zero attached hydrogens (tertiary/aromatic N) is 2. The Morgan fingerprint density at radius 2 is 1.86 bits per heavy atom. The van der Waals surface area contributed by atoms with Crippen LogP contribution in [0.15, 0.2) is 41.5 Å². The van der Waals surface area contributed by atoms with Gasteiger partial charge in [-0.2, -0.15) is 5.10 Å². The van der Waals surface area contributed by atoms with E-state index in [0.29, 0.717) is 17.5 Å². The Morgan fingerprint density at radius 1 is 1.14 bits per heavy atom. The molecule has 0 fully saturated rings. The van der Waals surface area contributed by atoms with Gasteiger partial charge in [0.2, 0.25) is 0 Å². The second-order valence-corrected chi connectivity index (χ2v) is 6.35. The maximum atomic E-state index is 12.0. The van der Waals surface area contributed by atoms with Gasteiger partial charge in [-0.3, -0.25) is 14.9 Å². The number of nitrogens with one attached hydrogen (secondary N) is 1. The van der Waals surface area contributed by atoms with Crippen LogP contribution < -0.4 is 5.43 Å². The molecule has 8 nitrogen and oxygen atoms in total. The van der Waals surface area contributed by atoms with E-state index >= 15 is 0 Å². The minimum atomic E-state index is -0.548. The fourth-order valence-electron chi connectivity index (χ4n) is 2.65. The number of hydrazone groups is 1. The van der Waals surface area contributed by atoms with E-state index < -0.39 is 10.8 Å². The van der Waals surface area contributed by atoms with Gasteiger partial charge in [-0.15, -0.1) is 0 Å². The first-order valence-electron chi connectivity index (χ1n) is 9.05. The summed E-state index contributed by atoms with van der Waals surface area (Å²) in [7, 11) is 0. The number of aromatic hydroxyl groups is 2. The van der Waals surface area contributed by atoms with Gasteiger partial charge in [-0.25, -0.2) is 5.43 Å². The third kappa shape index (κ3) is 5.80. The highest BCUT2D eigenvalue weighted by Crippen LogP contribution is 2.27. The van der Waals surface area contributed by atoms with Crippen LogP contribution in [-0.2, 0) is 6.42 Å². The maximum Gasteiger partial charge on any atom is 0.271 e. The third-order valence-corrected chi connectivity index (χ3v) is 4.24. The lowest BCUT2D eigenvalue weighted by Crippen LogP contribution is -2.17. The van der Waals surface area contributed by atoms with Crippen molar-refractivity contribution < 1.29 is 19.9 Å². The number of nitro groups is 1. The molecule has 0 bridgehead atoms. The molecule has 3 N–H and O–H groups in total. The second-order valence-electron chi connectivity index (χ2n) is 6.35. The normalized spacial score (nSPS) is 10.9. The highest BCUT2D eigenvalue weighted by atomic mass is 16.6. The number of hydrogen-bond donors (Lipinski definition) is 3. The fourth-order valence-corrected chi connectivity index (χ4v) is 2.65. The Labute approximate surface area is 162 Å². The number of amides is 1. The lowest BCUT2D eigenvalue weighted by molar-refractivity contribution is -0.384. The molecule has 2 aromatic rings. The number of non-ortho nitro benzene ring substituents is 1. The standard InChI is InChI=1S/C20H23N3O5/c1-2-3-4-5-6-15-11-16(19(25)12-18(15)24)13-21-22-20(26)14-7-9-17(10-8-14)23(27)28/h7-13,24-25H,2-6H2,1H3,(H,22,26)/b21-13+. The Hall–Kier alpha value is -3.42. The van der Waals surface area contributed by atoms with E-state index in [4.69, 9.17) is 0 Å². The first kappa shape index (κ1) is 20.9. The summed E-state index contributed by atoms with van der Waals surface area (Å²) in [5.74, 6) is -0.659. The summed E-state index contributed by atoms with van der Waals surface area (Å²) >= 11 is 0. The van der Waals surface area contributed by atoms with E-state index in [1.54, 1.807) is 6.07 Å². The molecule has 148 valence electrons. The summed E-state index contributed by atoms with van der Waals surface area (Å²) in [6, 6.07) is 8.02. The van der Waals surface area contributed by atoms with Gasteiger partial charge in [-0.05, 0) is 36.6 Å². The lowest BCUT2D eigenvalue weighted by atomic mass is 10.0. The maximum absolute atomic E-state index is 12.0. The van der Waals surface area contributed by atoms with E-state index in [0.717, 1.165) is 25.7 Å². The minimum Gasteiger partial charge on any atom is -0.508 e. The summed E-state index contributed by atoms with van der Waals surface area (Å²) in [4.78, 5) is 22.1. The third-order valence-electron chi connectivity index (χ3n) is 4.24. The van der Waals surface area contributed by atoms with Crippen molar-refractivity contribution in [2.24, 2.45) is 5.10 Å². The van der Waals surface area contributed by atoms with Crippen molar-refractivity contribution in [2.45, 2.75) is 39.0 Å². The summed E-state index contributed by atoms with van der Waals surface area (Å²) in [6.45, 7) is 2.12. The molecule has 0 radical (unpaired) electrons. The van der Waals surface area contributed by atoms with Gasteiger partial charge in [0.1, 0.15) is 11.5 Å². The summed E-state index contributed by atoms with van der Waals surface area (Å²) < 4.78 is 0. The number of carbonyl (C=O) groups is 1. The number of phenols is 2. The molecule has 0 aliphatic rings. The summed E-state index contributed by atoms with van der Waals surface area (Å²) in [5, 5.41) is 34.4. The highest BCUT2D eigenvalue weighted by molar-refractivity contribution is 5.95. The molecule has 2 rings (SSSR count). The van der Waals surface area contributed by atoms with Crippen molar-refractivity contribution in [2.75, 3.05) is 0 Å². The van der Waals surface area contributed by atoms with Crippen LogP contribution in [0.1, 0.15) is 54.1 Å². The van der Waals surface area contributed by atoms with E-state index in [1.165, 1.54) is 36.5 Å². The average Bonchev–Trinajstić information content (AvgIpc) is 2.68.